The van der Waals surface area contributed by atoms with Crippen LogP contribution in [0.3, 0.4) is 0 Å². The molecule has 96 valence electrons. The van der Waals surface area contributed by atoms with Gasteiger partial charge in [-0.1, -0.05) is 35.7 Å². The van der Waals surface area contributed by atoms with Gasteiger partial charge in [-0.15, -0.1) is 0 Å². The molecule has 0 saturated heterocycles. The van der Waals surface area contributed by atoms with Crippen molar-refractivity contribution >= 4 is 15.9 Å². The molecule has 0 aliphatic heterocycles. The van der Waals surface area contributed by atoms with Crippen LogP contribution in [0.15, 0.2) is 0 Å². The monoisotopic (exact) mass is 291 g/mol. The molecule has 0 aromatic rings. The second-order valence-electron chi connectivity index (χ2n) is 4.97. The van der Waals surface area contributed by atoms with Crippen molar-refractivity contribution in [3.05, 3.63) is 0 Å². The minimum absolute atomic E-state index is 0.329. The maximum atomic E-state index is 8.95. The summed E-state index contributed by atoms with van der Waals surface area (Å²) in [5.74, 6) is 0.782. The van der Waals surface area contributed by atoms with Crippen molar-refractivity contribution in [2.75, 3.05) is 25.0 Å². The average molecular weight is 292 g/mol. The molecular weight excluding hydrogens is 266 g/mol. The smallest absolute Gasteiger partial charge is 0.0443 e. The molecule has 0 radical (unpaired) electrons. The second kappa shape index (κ2) is 8.48. The van der Waals surface area contributed by atoms with Crippen LogP contribution in [0.1, 0.15) is 45.4 Å². The van der Waals surface area contributed by atoms with Gasteiger partial charge in [0.05, 0.1) is 0 Å². The highest BCUT2D eigenvalue weighted by Gasteiger charge is 2.25. The fourth-order valence-corrected chi connectivity index (χ4v) is 2.93. The maximum absolute atomic E-state index is 8.95. The van der Waals surface area contributed by atoms with Crippen LogP contribution in [-0.4, -0.2) is 41.1 Å². The summed E-state index contributed by atoms with van der Waals surface area (Å²) in [6, 6.07) is 0.810. The predicted molar refractivity (Wildman–Crippen MR) is 73.1 cm³/mol. The fraction of sp³-hybridized carbons (Fsp3) is 1.00. The SMILES string of the molecule is CCCC(CBr)CN(CCCO)C1CCC1. The zero-order chi connectivity index (χ0) is 11.8. The van der Waals surface area contributed by atoms with E-state index in [1.54, 1.807) is 0 Å². The number of hydrogen-bond donors (Lipinski definition) is 1. The first-order chi connectivity index (χ1) is 7.81. The van der Waals surface area contributed by atoms with E-state index in [1.165, 1.54) is 38.6 Å². The third kappa shape index (κ3) is 4.72. The summed E-state index contributed by atoms with van der Waals surface area (Å²) in [4.78, 5) is 2.61. The first kappa shape index (κ1) is 14.5. The van der Waals surface area contributed by atoms with Gasteiger partial charge in [0, 0.05) is 31.1 Å². The molecule has 1 atom stereocenters. The lowest BCUT2D eigenvalue weighted by Gasteiger charge is -2.39. The van der Waals surface area contributed by atoms with E-state index in [0.717, 1.165) is 30.3 Å². The van der Waals surface area contributed by atoms with Gasteiger partial charge in [0.1, 0.15) is 0 Å². The van der Waals surface area contributed by atoms with Gasteiger partial charge in [-0.25, -0.2) is 0 Å². The minimum atomic E-state index is 0.329. The number of rotatable bonds is 9. The Hall–Kier alpha value is 0.400. The molecular formula is C13H26BrNO. The van der Waals surface area contributed by atoms with Crippen LogP contribution in [0.2, 0.25) is 0 Å². The summed E-state index contributed by atoms with van der Waals surface area (Å²) < 4.78 is 0. The third-order valence-corrected chi connectivity index (χ3v) is 4.52. The van der Waals surface area contributed by atoms with Crippen molar-refractivity contribution < 1.29 is 5.11 Å². The molecule has 1 rings (SSSR count). The highest BCUT2D eigenvalue weighted by atomic mass is 79.9. The Morgan fingerprint density at radius 3 is 2.62 bits per heavy atom. The molecule has 0 spiro atoms. The van der Waals surface area contributed by atoms with Crippen LogP contribution in [0.25, 0.3) is 0 Å². The Morgan fingerprint density at radius 2 is 2.19 bits per heavy atom. The lowest BCUT2D eigenvalue weighted by Crippen LogP contribution is -2.43. The van der Waals surface area contributed by atoms with Crippen molar-refractivity contribution in [3.63, 3.8) is 0 Å². The number of halogens is 1. The predicted octanol–water partition coefficient (Wildman–Crippen LogP) is 3.03. The normalized spacial score (nSPS) is 18.8. The zero-order valence-electron chi connectivity index (χ0n) is 10.5. The van der Waals surface area contributed by atoms with E-state index in [0.29, 0.717) is 6.61 Å². The summed E-state index contributed by atoms with van der Waals surface area (Å²) in [7, 11) is 0. The summed E-state index contributed by atoms with van der Waals surface area (Å²) in [6.45, 7) is 4.88. The Kier molecular flexibility index (Phi) is 7.67. The van der Waals surface area contributed by atoms with E-state index in [9.17, 15) is 0 Å². The Balaban J connectivity index is 2.34. The number of aliphatic hydroxyl groups excluding tert-OH is 1. The topological polar surface area (TPSA) is 23.5 Å². The molecule has 1 saturated carbocycles. The van der Waals surface area contributed by atoms with Gasteiger partial charge in [-0.3, -0.25) is 4.90 Å². The van der Waals surface area contributed by atoms with Crippen molar-refractivity contribution in [2.45, 2.75) is 51.5 Å². The maximum Gasteiger partial charge on any atom is 0.0443 e. The molecule has 3 heteroatoms. The zero-order valence-corrected chi connectivity index (χ0v) is 12.1. The van der Waals surface area contributed by atoms with Crippen LogP contribution in [0.5, 0.6) is 0 Å². The molecule has 0 heterocycles. The highest BCUT2D eigenvalue weighted by Crippen LogP contribution is 2.26. The van der Waals surface area contributed by atoms with Gasteiger partial charge in [-0.2, -0.15) is 0 Å². The highest BCUT2D eigenvalue weighted by molar-refractivity contribution is 9.09. The van der Waals surface area contributed by atoms with E-state index < -0.39 is 0 Å². The summed E-state index contributed by atoms with van der Waals surface area (Å²) in [5.41, 5.74) is 0. The Morgan fingerprint density at radius 1 is 1.44 bits per heavy atom. The number of aliphatic hydroxyl groups is 1. The molecule has 1 unspecified atom stereocenters. The van der Waals surface area contributed by atoms with Crippen LogP contribution < -0.4 is 0 Å². The van der Waals surface area contributed by atoms with Crippen LogP contribution in [0.4, 0.5) is 0 Å². The van der Waals surface area contributed by atoms with Gasteiger partial charge in [0.2, 0.25) is 0 Å². The second-order valence-corrected chi connectivity index (χ2v) is 5.61. The summed E-state index contributed by atoms with van der Waals surface area (Å²) in [6.07, 6.45) is 7.65. The summed E-state index contributed by atoms with van der Waals surface area (Å²) >= 11 is 3.63. The van der Waals surface area contributed by atoms with E-state index in [2.05, 4.69) is 27.8 Å². The standard InChI is InChI=1S/C13H26BrNO/c1-2-5-12(10-14)11-15(8-4-9-16)13-6-3-7-13/h12-13,16H,2-11H2,1H3. The van der Waals surface area contributed by atoms with Gasteiger partial charge >= 0.3 is 0 Å². The van der Waals surface area contributed by atoms with Crippen molar-refractivity contribution in [1.82, 2.24) is 4.90 Å². The van der Waals surface area contributed by atoms with E-state index in [4.69, 9.17) is 5.11 Å². The molecule has 16 heavy (non-hydrogen) atoms. The lowest BCUT2D eigenvalue weighted by atomic mass is 9.90. The Bertz CT molecular complexity index is 173. The molecule has 2 nitrogen and oxygen atoms in total. The van der Waals surface area contributed by atoms with Crippen molar-refractivity contribution in [3.8, 4) is 0 Å². The van der Waals surface area contributed by atoms with E-state index >= 15 is 0 Å². The fourth-order valence-electron chi connectivity index (χ4n) is 2.41. The van der Waals surface area contributed by atoms with Crippen LogP contribution in [0, 0.1) is 5.92 Å². The van der Waals surface area contributed by atoms with Gasteiger partial charge in [0.25, 0.3) is 0 Å². The molecule has 0 bridgehead atoms. The van der Waals surface area contributed by atoms with Crippen molar-refractivity contribution in [1.29, 1.82) is 0 Å². The van der Waals surface area contributed by atoms with E-state index in [1.807, 2.05) is 0 Å². The first-order valence-electron chi connectivity index (χ1n) is 6.72. The van der Waals surface area contributed by atoms with Gasteiger partial charge in [0.15, 0.2) is 0 Å². The largest absolute Gasteiger partial charge is 0.396 e. The average Bonchev–Trinajstić information content (AvgIpc) is 2.22. The number of nitrogens with zero attached hydrogens (tertiary/aromatic N) is 1. The Labute approximate surface area is 109 Å². The third-order valence-electron chi connectivity index (χ3n) is 3.60. The lowest BCUT2D eigenvalue weighted by molar-refractivity contribution is 0.100. The quantitative estimate of drug-likeness (QED) is 0.660. The molecule has 1 aliphatic rings. The number of alkyl halides is 1. The number of hydrogen-bond acceptors (Lipinski definition) is 2. The van der Waals surface area contributed by atoms with Crippen LogP contribution >= 0.6 is 15.9 Å². The first-order valence-corrected chi connectivity index (χ1v) is 7.84. The molecule has 1 aliphatic carbocycles. The van der Waals surface area contributed by atoms with Crippen molar-refractivity contribution in [2.24, 2.45) is 5.92 Å². The minimum Gasteiger partial charge on any atom is -0.396 e. The molecule has 0 aromatic heterocycles. The summed E-state index contributed by atoms with van der Waals surface area (Å²) in [5, 5.41) is 10.1. The van der Waals surface area contributed by atoms with Gasteiger partial charge in [-0.05, 0) is 31.6 Å². The molecule has 1 fully saturated rings. The van der Waals surface area contributed by atoms with Crippen LogP contribution in [-0.2, 0) is 0 Å². The van der Waals surface area contributed by atoms with E-state index in [-0.39, 0.29) is 0 Å². The molecule has 0 aromatic carbocycles. The molecule has 0 amide bonds. The molecule has 1 N–H and O–H groups in total. The van der Waals surface area contributed by atoms with Gasteiger partial charge < -0.3 is 5.11 Å².